The van der Waals surface area contributed by atoms with Gasteiger partial charge >= 0.3 is 5.97 Å². The quantitative estimate of drug-likeness (QED) is 0.585. The second-order valence-corrected chi connectivity index (χ2v) is 7.69. The van der Waals surface area contributed by atoms with Gasteiger partial charge < -0.3 is 9.67 Å². The number of aromatic carboxylic acids is 1. The molecule has 1 N–H and O–H groups in total. The van der Waals surface area contributed by atoms with Crippen LogP contribution in [0.15, 0.2) is 42.5 Å². The monoisotopic (exact) mass is 361 g/mol. The average Bonchev–Trinajstić information content (AvgIpc) is 3.02. The molecule has 3 aromatic rings. The van der Waals surface area contributed by atoms with Crippen LogP contribution in [-0.2, 0) is 6.54 Å². The lowest BCUT2D eigenvalue weighted by Gasteiger charge is -2.24. The van der Waals surface area contributed by atoms with Crippen LogP contribution in [0.25, 0.3) is 22.2 Å². The highest BCUT2D eigenvalue weighted by Gasteiger charge is 2.27. The fourth-order valence-electron chi connectivity index (χ4n) is 4.77. The fourth-order valence-corrected chi connectivity index (χ4v) is 4.77. The summed E-state index contributed by atoms with van der Waals surface area (Å²) in [6.45, 7) is 5.15. The molecule has 0 bridgehead atoms. The molecule has 140 valence electrons. The molecular formula is C24H27NO2. The third-order valence-electron chi connectivity index (χ3n) is 6.08. The van der Waals surface area contributed by atoms with E-state index in [9.17, 15) is 9.90 Å². The fraction of sp³-hybridized carbons (Fsp3) is 0.375. The van der Waals surface area contributed by atoms with Gasteiger partial charge in [-0.15, -0.1) is 0 Å². The Labute approximate surface area is 160 Å². The van der Waals surface area contributed by atoms with Gasteiger partial charge in [-0.25, -0.2) is 4.79 Å². The molecule has 0 atom stereocenters. The molecule has 0 aliphatic heterocycles. The summed E-state index contributed by atoms with van der Waals surface area (Å²) >= 11 is 0. The number of benzene rings is 2. The highest BCUT2D eigenvalue weighted by molar-refractivity contribution is 5.98. The minimum absolute atomic E-state index is 0.362. The standard InChI is InChI=1S/C24H27NO2/c1-3-25-21-15-18(24(26)27)13-14-20(21)22(17-10-5-4-6-11-17)23(25)19-12-8-7-9-16(19)2/h7-9,12-15,17H,3-6,10-11H2,1-2H3,(H,26,27). The molecule has 27 heavy (non-hydrogen) atoms. The molecule has 0 radical (unpaired) electrons. The third kappa shape index (κ3) is 3.05. The minimum atomic E-state index is -0.864. The van der Waals surface area contributed by atoms with E-state index >= 15 is 0 Å². The first-order chi connectivity index (χ1) is 13.1. The van der Waals surface area contributed by atoms with Gasteiger partial charge in [-0.2, -0.15) is 0 Å². The lowest BCUT2D eigenvalue weighted by atomic mass is 9.81. The van der Waals surface area contributed by atoms with Crippen molar-refractivity contribution >= 4 is 16.9 Å². The molecule has 3 heteroatoms. The van der Waals surface area contributed by atoms with Crippen molar-refractivity contribution in [3.8, 4) is 11.3 Å². The van der Waals surface area contributed by atoms with E-state index < -0.39 is 5.97 Å². The molecule has 1 aliphatic carbocycles. The molecule has 0 unspecified atom stereocenters. The van der Waals surface area contributed by atoms with Gasteiger partial charge in [0.1, 0.15) is 0 Å². The molecule has 0 amide bonds. The van der Waals surface area contributed by atoms with Crippen molar-refractivity contribution in [3.63, 3.8) is 0 Å². The molecule has 1 aliphatic rings. The number of rotatable bonds is 4. The normalized spacial score (nSPS) is 15.3. The molecule has 4 rings (SSSR count). The third-order valence-corrected chi connectivity index (χ3v) is 6.08. The van der Waals surface area contributed by atoms with Gasteiger partial charge in [-0.3, -0.25) is 0 Å². The van der Waals surface area contributed by atoms with Crippen LogP contribution in [0.1, 0.15) is 66.4 Å². The summed E-state index contributed by atoms with van der Waals surface area (Å²) in [5.41, 5.74) is 6.67. The van der Waals surface area contributed by atoms with Gasteiger partial charge in [-0.05, 0) is 55.9 Å². The zero-order valence-corrected chi connectivity index (χ0v) is 16.2. The van der Waals surface area contributed by atoms with Crippen LogP contribution >= 0.6 is 0 Å². The lowest BCUT2D eigenvalue weighted by Crippen LogP contribution is -2.07. The Morgan fingerprint density at radius 2 is 1.85 bits per heavy atom. The molecule has 1 fully saturated rings. The van der Waals surface area contributed by atoms with Crippen LogP contribution in [0.5, 0.6) is 0 Å². The van der Waals surface area contributed by atoms with E-state index in [1.807, 2.05) is 12.1 Å². The summed E-state index contributed by atoms with van der Waals surface area (Å²) in [7, 11) is 0. The summed E-state index contributed by atoms with van der Waals surface area (Å²) in [6, 6.07) is 14.2. The first-order valence-corrected chi connectivity index (χ1v) is 10.1. The van der Waals surface area contributed by atoms with Gasteiger partial charge in [-0.1, -0.05) is 49.6 Å². The maximum absolute atomic E-state index is 11.6. The number of hydrogen-bond acceptors (Lipinski definition) is 1. The van der Waals surface area contributed by atoms with E-state index in [0.717, 1.165) is 12.1 Å². The second kappa shape index (κ2) is 7.22. The Morgan fingerprint density at radius 1 is 1.11 bits per heavy atom. The number of carbonyl (C=O) groups is 1. The molecule has 1 saturated carbocycles. The molecular weight excluding hydrogens is 334 g/mol. The van der Waals surface area contributed by atoms with Crippen molar-refractivity contribution in [2.75, 3.05) is 0 Å². The number of carboxylic acid groups (broad SMARTS) is 1. The summed E-state index contributed by atoms with van der Waals surface area (Å²) in [6.07, 6.45) is 6.34. The number of nitrogens with zero attached hydrogens (tertiary/aromatic N) is 1. The zero-order chi connectivity index (χ0) is 19.0. The van der Waals surface area contributed by atoms with Crippen LogP contribution in [0.3, 0.4) is 0 Å². The van der Waals surface area contributed by atoms with E-state index in [-0.39, 0.29) is 0 Å². The highest BCUT2D eigenvalue weighted by atomic mass is 16.4. The van der Waals surface area contributed by atoms with Crippen LogP contribution in [0, 0.1) is 6.92 Å². The summed E-state index contributed by atoms with van der Waals surface area (Å²) in [4.78, 5) is 11.6. The molecule has 2 aromatic carbocycles. The van der Waals surface area contributed by atoms with E-state index in [4.69, 9.17) is 0 Å². The predicted octanol–water partition coefficient (Wildman–Crippen LogP) is 6.38. The molecule has 1 heterocycles. The van der Waals surface area contributed by atoms with Crippen LogP contribution in [0.4, 0.5) is 0 Å². The first kappa shape index (κ1) is 17.8. The Bertz CT molecular complexity index is 993. The summed E-state index contributed by atoms with van der Waals surface area (Å²) in [5.74, 6) is -0.309. The highest BCUT2D eigenvalue weighted by Crippen LogP contribution is 2.44. The summed E-state index contributed by atoms with van der Waals surface area (Å²) in [5, 5.41) is 10.7. The van der Waals surface area contributed by atoms with Crippen molar-refractivity contribution in [1.29, 1.82) is 0 Å². The minimum Gasteiger partial charge on any atom is -0.478 e. The number of aromatic nitrogens is 1. The van der Waals surface area contributed by atoms with Crippen molar-refractivity contribution in [2.24, 2.45) is 0 Å². The molecule has 1 aromatic heterocycles. The Morgan fingerprint density at radius 3 is 2.52 bits per heavy atom. The van der Waals surface area contributed by atoms with E-state index in [0.29, 0.717) is 11.5 Å². The Balaban J connectivity index is 2.06. The molecule has 0 saturated heterocycles. The maximum Gasteiger partial charge on any atom is 0.335 e. The maximum atomic E-state index is 11.6. The van der Waals surface area contributed by atoms with E-state index in [1.165, 1.54) is 59.9 Å². The SMILES string of the molecule is CCn1c(-c2ccccc2C)c(C2CCCCC2)c2ccc(C(=O)O)cc21. The Hall–Kier alpha value is -2.55. The van der Waals surface area contributed by atoms with E-state index in [1.54, 1.807) is 6.07 Å². The van der Waals surface area contributed by atoms with E-state index in [2.05, 4.69) is 42.7 Å². The van der Waals surface area contributed by atoms with Gasteiger partial charge in [0.15, 0.2) is 0 Å². The van der Waals surface area contributed by atoms with Crippen molar-refractivity contribution in [2.45, 2.75) is 58.4 Å². The number of carboxylic acids is 1. The van der Waals surface area contributed by atoms with Crippen LogP contribution < -0.4 is 0 Å². The van der Waals surface area contributed by atoms with Crippen LogP contribution in [-0.4, -0.2) is 15.6 Å². The van der Waals surface area contributed by atoms with Crippen molar-refractivity contribution < 1.29 is 9.90 Å². The smallest absolute Gasteiger partial charge is 0.335 e. The number of aryl methyl sites for hydroxylation is 2. The number of fused-ring (bicyclic) bond motifs is 1. The topological polar surface area (TPSA) is 42.2 Å². The van der Waals surface area contributed by atoms with Gasteiger partial charge in [0, 0.05) is 23.0 Å². The van der Waals surface area contributed by atoms with Gasteiger partial charge in [0.2, 0.25) is 0 Å². The molecule has 3 nitrogen and oxygen atoms in total. The average molecular weight is 361 g/mol. The molecule has 0 spiro atoms. The zero-order valence-electron chi connectivity index (χ0n) is 16.2. The van der Waals surface area contributed by atoms with Crippen molar-refractivity contribution in [1.82, 2.24) is 4.57 Å². The predicted molar refractivity (Wildman–Crippen MR) is 111 cm³/mol. The Kier molecular flexibility index (Phi) is 4.77. The van der Waals surface area contributed by atoms with Gasteiger partial charge in [0.05, 0.1) is 11.3 Å². The summed E-state index contributed by atoms with van der Waals surface area (Å²) < 4.78 is 2.33. The lowest BCUT2D eigenvalue weighted by molar-refractivity contribution is 0.0697. The first-order valence-electron chi connectivity index (χ1n) is 10.1. The van der Waals surface area contributed by atoms with Crippen LogP contribution in [0.2, 0.25) is 0 Å². The largest absolute Gasteiger partial charge is 0.478 e. The second-order valence-electron chi connectivity index (χ2n) is 7.69. The van der Waals surface area contributed by atoms with Crippen molar-refractivity contribution in [3.05, 3.63) is 59.2 Å². The van der Waals surface area contributed by atoms with Gasteiger partial charge in [0.25, 0.3) is 0 Å². The number of hydrogen-bond donors (Lipinski definition) is 1.